The summed E-state index contributed by atoms with van der Waals surface area (Å²) in [6.07, 6.45) is 0. The average molecular weight is 208 g/mol. The second kappa shape index (κ2) is 3.81. The molecular formula is C12H17FN2. The fourth-order valence-electron chi connectivity index (χ4n) is 2.29. The van der Waals surface area contributed by atoms with Crippen LogP contribution in [0.1, 0.15) is 25.3 Å². The van der Waals surface area contributed by atoms with Gasteiger partial charge in [0.05, 0.1) is 0 Å². The predicted octanol–water partition coefficient (Wildman–Crippen LogP) is 2.10. The van der Waals surface area contributed by atoms with Gasteiger partial charge in [-0.25, -0.2) is 4.39 Å². The molecule has 1 aromatic carbocycles. The lowest BCUT2D eigenvalue weighted by molar-refractivity contribution is 0.588. The Morgan fingerprint density at radius 2 is 2.27 bits per heavy atom. The molecular weight excluding hydrogens is 191 g/mol. The molecule has 1 aliphatic heterocycles. The van der Waals surface area contributed by atoms with Crippen molar-refractivity contribution in [1.29, 1.82) is 0 Å². The molecule has 0 spiro atoms. The van der Waals surface area contributed by atoms with Crippen LogP contribution in [-0.2, 0) is 0 Å². The molecule has 1 aliphatic rings. The molecule has 1 atom stereocenters. The van der Waals surface area contributed by atoms with Crippen molar-refractivity contribution in [3.63, 3.8) is 0 Å². The summed E-state index contributed by atoms with van der Waals surface area (Å²) in [6, 6.07) is 5.66. The molecule has 0 aromatic heterocycles. The molecule has 0 radical (unpaired) electrons. The van der Waals surface area contributed by atoms with Crippen LogP contribution in [0.5, 0.6) is 0 Å². The molecule has 1 aromatic rings. The highest BCUT2D eigenvalue weighted by Gasteiger charge is 2.31. The van der Waals surface area contributed by atoms with Crippen LogP contribution in [0.3, 0.4) is 0 Å². The van der Waals surface area contributed by atoms with E-state index >= 15 is 0 Å². The highest BCUT2D eigenvalue weighted by molar-refractivity contribution is 5.61. The molecule has 82 valence electrons. The topological polar surface area (TPSA) is 29.3 Å². The van der Waals surface area contributed by atoms with Gasteiger partial charge in [-0.05, 0) is 26.0 Å². The van der Waals surface area contributed by atoms with Crippen LogP contribution in [0, 0.1) is 5.82 Å². The van der Waals surface area contributed by atoms with E-state index in [9.17, 15) is 4.39 Å². The summed E-state index contributed by atoms with van der Waals surface area (Å²) in [5.74, 6) is 0.0229. The third kappa shape index (κ3) is 1.61. The first-order valence-corrected chi connectivity index (χ1v) is 5.40. The van der Waals surface area contributed by atoms with Gasteiger partial charge in [0.1, 0.15) is 5.82 Å². The Kier molecular flexibility index (Phi) is 2.65. The Morgan fingerprint density at radius 1 is 1.53 bits per heavy atom. The number of benzene rings is 1. The molecule has 0 fully saturated rings. The minimum atomic E-state index is -0.119. The van der Waals surface area contributed by atoms with E-state index in [2.05, 4.69) is 18.7 Å². The molecule has 2 rings (SSSR count). The minimum Gasteiger partial charge on any atom is -0.368 e. The Bertz CT molecular complexity index is 363. The van der Waals surface area contributed by atoms with Crippen molar-refractivity contribution in [3.8, 4) is 0 Å². The van der Waals surface area contributed by atoms with E-state index < -0.39 is 0 Å². The van der Waals surface area contributed by atoms with Crippen molar-refractivity contribution >= 4 is 5.69 Å². The van der Waals surface area contributed by atoms with Gasteiger partial charge in [-0.15, -0.1) is 0 Å². The first-order chi connectivity index (χ1) is 7.15. The fraction of sp³-hybridized carbons (Fsp3) is 0.500. The summed E-state index contributed by atoms with van der Waals surface area (Å²) >= 11 is 0. The van der Waals surface area contributed by atoms with Crippen LogP contribution in [0.15, 0.2) is 18.2 Å². The standard InChI is InChI=1S/C12H17FN2/c1-8(2)15-7-9(6-14)12-10(13)4-3-5-11(12)15/h3-5,8-9H,6-7,14H2,1-2H3. The van der Waals surface area contributed by atoms with E-state index in [0.29, 0.717) is 12.6 Å². The van der Waals surface area contributed by atoms with Crippen LogP contribution in [0.2, 0.25) is 0 Å². The molecule has 2 N–H and O–H groups in total. The number of halogens is 1. The van der Waals surface area contributed by atoms with Gasteiger partial charge in [-0.1, -0.05) is 6.07 Å². The molecule has 1 unspecified atom stereocenters. The van der Waals surface area contributed by atoms with Gasteiger partial charge in [-0.2, -0.15) is 0 Å². The molecule has 2 nitrogen and oxygen atoms in total. The SMILES string of the molecule is CC(C)N1CC(CN)c2c(F)cccc21. The zero-order chi connectivity index (χ0) is 11.0. The molecule has 0 bridgehead atoms. The Balaban J connectivity index is 2.47. The van der Waals surface area contributed by atoms with Crippen molar-refractivity contribution in [2.45, 2.75) is 25.8 Å². The molecule has 1 heterocycles. The van der Waals surface area contributed by atoms with Crippen LogP contribution >= 0.6 is 0 Å². The van der Waals surface area contributed by atoms with Gasteiger partial charge in [-0.3, -0.25) is 0 Å². The van der Waals surface area contributed by atoms with Crippen LogP contribution in [-0.4, -0.2) is 19.1 Å². The molecule has 0 aliphatic carbocycles. The van der Waals surface area contributed by atoms with Gasteiger partial charge in [0.15, 0.2) is 0 Å². The first kappa shape index (κ1) is 10.4. The van der Waals surface area contributed by atoms with E-state index in [1.165, 1.54) is 6.07 Å². The maximum atomic E-state index is 13.7. The third-order valence-corrected chi connectivity index (χ3v) is 3.07. The number of hydrogen-bond acceptors (Lipinski definition) is 2. The third-order valence-electron chi connectivity index (χ3n) is 3.07. The second-order valence-electron chi connectivity index (χ2n) is 4.35. The van der Waals surface area contributed by atoms with E-state index in [1.807, 2.05) is 6.07 Å². The first-order valence-electron chi connectivity index (χ1n) is 5.40. The highest BCUT2D eigenvalue weighted by Crippen LogP contribution is 2.38. The van der Waals surface area contributed by atoms with Gasteiger partial charge in [0.25, 0.3) is 0 Å². The average Bonchev–Trinajstić information content (AvgIpc) is 2.58. The predicted molar refractivity (Wildman–Crippen MR) is 60.7 cm³/mol. The maximum absolute atomic E-state index is 13.7. The normalized spacial score (nSPS) is 19.8. The lowest BCUT2D eigenvalue weighted by Gasteiger charge is -2.24. The lowest BCUT2D eigenvalue weighted by Crippen LogP contribution is -2.30. The summed E-state index contributed by atoms with van der Waals surface area (Å²) < 4.78 is 13.7. The Morgan fingerprint density at radius 3 is 2.87 bits per heavy atom. The quantitative estimate of drug-likeness (QED) is 0.806. The van der Waals surface area contributed by atoms with Gasteiger partial charge in [0, 0.05) is 36.3 Å². The van der Waals surface area contributed by atoms with Crippen molar-refractivity contribution in [3.05, 3.63) is 29.6 Å². The van der Waals surface area contributed by atoms with E-state index in [1.54, 1.807) is 6.07 Å². The summed E-state index contributed by atoms with van der Waals surface area (Å²) in [6.45, 7) is 5.59. The lowest BCUT2D eigenvalue weighted by atomic mass is 10.0. The second-order valence-corrected chi connectivity index (χ2v) is 4.35. The van der Waals surface area contributed by atoms with Gasteiger partial charge >= 0.3 is 0 Å². The number of nitrogens with zero attached hydrogens (tertiary/aromatic N) is 1. The summed E-state index contributed by atoms with van der Waals surface area (Å²) in [5.41, 5.74) is 7.50. The van der Waals surface area contributed by atoms with Crippen molar-refractivity contribution in [1.82, 2.24) is 0 Å². The van der Waals surface area contributed by atoms with Crippen molar-refractivity contribution in [2.75, 3.05) is 18.0 Å². The van der Waals surface area contributed by atoms with E-state index in [4.69, 9.17) is 5.73 Å². The fourth-order valence-corrected chi connectivity index (χ4v) is 2.29. The molecule has 0 amide bonds. The summed E-state index contributed by atoms with van der Waals surface area (Å²) in [7, 11) is 0. The zero-order valence-electron chi connectivity index (χ0n) is 9.20. The Hall–Kier alpha value is -1.09. The number of hydrogen-bond donors (Lipinski definition) is 1. The van der Waals surface area contributed by atoms with Crippen LogP contribution in [0.25, 0.3) is 0 Å². The number of anilines is 1. The molecule has 15 heavy (non-hydrogen) atoms. The van der Waals surface area contributed by atoms with E-state index in [-0.39, 0.29) is 11.7 Å². The monoisotopic (exact) mass is 208 g/mol. The highest BCUT2D eigenvalue weighted by atomic mass is 19.1. The summed E-state index contributed by atoms with van der Waals surface area (Å²) in [4.78, 5) is 2.22. The number of fused-ring (bicyclic) bond motifs is 1. The van der Waals surface area contributed by atoms with E-state index in [0.717, 1.165) is 17.8 Å². The molecule has 3 heteroatoms. The number of nitrogens with two attached hydrogens (primary N) is 1. The number of rotatable bonds is 2. The minimum absolute atomic E-state index is 0.119. The zero-order valence-corrected chi connectivity index (χ0v) is 9.20. The largest absolute Gasteiger partial charge is 0.368 e. The molecule has 0 saturated carbocycles. The molecule has 0 saturated heterocycles. The Labute approximate surface area is 89.9 Å². The van der Waals surface area contributed by atoms with Crippen molar-refractivity contribution in [2.24, 2.45) is 5.73 Å². The smallest absolute Gasteiger partial charge is 0.128 e. The maximum Gasteiger partial charge on any atom is 0.128 e. The van der Waals surface area contributed by atoms with Crippen LogP contribution in [0.4, 0.5) is 10.1 Å². The van der Waals surface area contributed by atoms with Gasteiger partial charge < -0.3 is 10.6 Å². The van der Waals surface area contributed by atoms with Gasteiger partial charge in [0.2, 0.25) is 0 Å². The summed E-state index contributed by atoms with van der Waals surface area (Å²) in [5, 5.41) is 0. The van der Waals surface area contributed by atoms with Crippen molar-refractivity contribution < 1.29 is 4.39 Å². The van der Waals surface area contributed by atoms with Crippen LogP contribution < -0.4 is 10.6 Å².